The van der Waals surface area contributed by atoms with E-state index < -0.39 is 22.3 Å². The van der Waals surface area contributed by atoms with Gasteiger partial charge in [0.1, 0.15) is 11.2 Å². The van der Waals surface area contributed by atoms with E-state index in [1.165, 1.54) is 46.9 Å². The molecule has 1 aliphatic heterocycles. The second kappa shape index (κ2) is 6.55. The van der Waals surface area contributed by atoms with Crippen LogP contribution in [-0.2, 0) is 4.79 Å². The van der Waals surface area contributed by atoms with Crippen molar-refractivity contribution in [1.29, 1.82) is 0 Å². The fourth-order valence-electron chi connectivity index (χ4n) is 2.56. The summed E-state index contributed by atoms with van der Waals surface area (Å²) in [7, 11) is 0. The summed E-state index contributed by atoms with van der Waals surface area (Å²) < 4.78 is 1.23. The Labute approximate surface area is 146 Å². The highest BCUT2D eigenvalue weighted by atomic mass is 32.2. The molecule has 1 atom stereocenters. The van der Waals surface area contributed by atoms with Crippen LogP contribution in [0.25, 0.3) is 5.69 Å². The van der Waals surface area contributed by atoms with Crippen molar-refractivity contribution in [3.05, 3.63) is 52.3 Å². The molecule has 0 bridgehead atoms. The van der Waals surface area contributed by atoms with Crippen LogP contribution < -0.4 is 5.32 Å². The molecule has 2 aromatic rings. The minimum atomic E-state index is -1.30. The molecule has 2 N–H and O–H groups in total. The Kier molecular flexibility index (Phi) is 4.45. The van der Waals surface area contributed by atoms with Crippen LogP contribution in [0.1, 0.15) is 16.9 Å². The van der Waals surface area contributed by atoms with Crippen molar-refractivity contribution in [1.82, 2.24) is 15.1 Å². The minimum absolute atomic E-state index is 0.00400. The summed E-state index contributed by atoms with van der Waals surface area (Å²) >= 11 is 1.46. The highest BCUT2D eigenvalue weighted by Crippen LogP contribution is 2.28. The first kappa shape index (κ1) is 17.0. The SMILES string of the molecule is O=C(NC1(C(=O)O)CCSC1)c1ccn(-c2ccccc2[N+](=O)[O-])n1. The lowest BCUT2D eigenvalue weighted by molar-refractivity contribution is -0.384. The number of nitro benzene ring substituents is 1. The molecule has 1 unspecified atom stereocenters. The average molecular weight is 362 g/mol. The maximum absolute atomic E-state index is 12.4. The van der Waals surface area contributed by atoms with E-state index in [2.05, 4.69) is 10.4 Å². The van der Waals surface area contributed by atoms with Gasteiger partial charge in [0.05, 0.1) is 4.92 Å². The van der Waals surface area contributed by atoms with Gasteiger partial charge in [-0.15, -0.1) is 0 Å². The van der Waals surface area contributed by atoms with Gasteiger partial charge in [0, 0.05) is 18.0 Å². The quantitative estimate of drug-likeness (QED) is 0.609. The van der Waals surface area contributed by atoms with Gasteiger partial charge in [-0.05, 0) is 24.3 Å². The number of carboxylic acid groups (broad SMARTS) is 1. The third-order valence-corrected chi connectivity index (χ3v) is 5.12. The lowest BCUT2D eigenvalue weighted by Crippen LogP contribution is -2.54. The number of aromatic nitrogens is 2. The molecule has 1 aromatic carbocycles. The fraction of sp³-hybridized carbons (Fsp3) is 0.267. The van der Waals surface area contributed by atoms with Gasteiger partial charge >= 0.3 is 5.97 Å². The standard InChI is InChI=1S/C15H14N4O5S/c20-13(16-15(14(21)22)6-8-25-9-15)10-5-7-18(17-10)11-3-1-2-4-12(11)19(23)24/h1-5,7H,6,8-9H2,(H,16,20)(H,21,22). The highest BCUT2D eigenvalue weighted by Gasteiger charge is 2.43. The van der Waals surface area contributed by atoms with Gasteiger partial charge in [0.15, 0.2) is 5.69 Å². The number of carboxylic acids is 1. The third-order valence-electron chi connectivity index (χ3n) is 3.93. The number of nitro groups is 1. The normalized spacial score (nSPS) is 19.5. The summed E-state index contributed by atoms with van der Waals surface area (Å²) in [6.45, 7) is 0. The number of nitrogens with zero attached hydrogens (tertiary/aromatic N) is 3. The Balaban J connectivity index is 1.86. The van der Waals surface area contributed by atoms with Gasteiger partial charge in [-0.3, -0.25) is 14.9 Å². The van der Waals surface area contributed by atoms with E-state index in [9.17, 15) is 24.8 Å². The summed E-state index contributed by atoms with van der Waals surface area (Å²) in [4.78, 5) is 34.5. The number of nitrogens with one attached hydrogen (secondary N) is 1. The third kappa shape index (κ3) is 3.20. The van der Waals surface area contributed by atoms with Crippen LogP contribution in [0.2, 0.25) is 0 Å². The van der Waals surface area contributed by atoms with Gasteiger partial charge in [0.2, 0.25) is 0 Å². The van der Waals surface area contributed by atoms with Crippen molar-refractivity contribution in [2.45, 2.75) is 12.0 Å². The van der Waals surface area contributed by atoms with Crippen LogP contribution in [0, 0.1) is 10.1 Å². The van der Waals surface area contributed by atoms with Crippen LogP contribution in [-0.4, -0.2) is 48.7 Å². The fourth-order valence-corrected chi connectivity index (χ4v) is 3.88. The molecule has 1 fully saturated rings. The molecule has 9 nitrogen and oxygen atoms in total. The van der Waals surface area contributed by atoms with Crippen molar-refractivity contribution in [3.63, 3.8) is 0 Å². The van der Waals surface area contributed by atoms with Gasteiger partial charge < -0.3 is 10.4 Å². The summed E-state index contributed by atoms with van der Waals surface area (Å²) in [6.07, 6.45) is 1.76. The number of amides is 1. The summed E-state index contributed by atoms with van der Waals surface area (Å²) in [6, 6.07) is 7.40. The molecule has 1 aromatic heterocycles. The molecule has 0 saturated carbocycles. The first-order valence-corrected chi connectivity index (χ1v) is 8.51. The molecule has 130 valence electrons. The first-order chi connectivity index (χ1) is 11.9. The molecule has 0 spiro atoms. The number of carbonyl (C=O) groups excluding carboxylic acids is 1. The molecule has 25 heavy (non-hydrogen) atoms. The first-order valence-electron chi connectivity index (χ1n) is 7.36. The average Bonchev–Trinajstić information content (AvgIpc) is 3.25. The highest BCUT2D eigenvalue weighted by molar-refractivity contribution is 7.99. The number of carbonyl (C=O) groups is 2. The Morgan fingerprint density at radius 3 is 2.76 bits per heavy atom. The molecule has 2 heterocycles. The Hall–Kier alpha value is -2.88. The molecule has 3 rings (SSSR count). The van der Waals surface area contributed by atoms with E-state index in [1.54, 1.807) is 6.07 Å². The number of thioether (sulfide) groups is 1. The zero-order valence-corrected chi connectivity index (χ0v) is 13.7. The van der Waals surface area contributed by atoms with E-state index in [-0.39, 0.29) is 17.1 Å². The number of para-hydroxylation sites is 2. The Morgan fingerprint density at radius 1 is 1.36 bits per heavy atom. The minimum Gasteiger partial charge on any atom is -0.479 e. The molecule has 10 heteroatoms. The molecule has 0 radical (unpaired) electrons. The zero-order valence-electron chi connectivity index (χ0n) is 12.9. The van der Waals surface area contributed by atoms with Crippen molar-refractivity contribution in [2.24, 2.45) is 0 Å². The molecule has 0 aliphatic carbocycles. The molecule has 1 saturated heterocycles. The van der Waals surface area contributed by atoms with E-state index in [0.29, 0.717) is 17.9 Å². The van der Waals surface area contributed by atoms with Crippen LogP contribution in [0.4, 0.5) is 5.69 Å². The predicted octanol–water partition coefficient (Wildman–Crippen LogP) is 1.47. The largest absolute Gasteiger partial charge is 0.479 e. The van der Waals surface area contributed by atoms with Crippen LogP contribution in [0.15, 0.2) is 36.5 Å². The van der Waals surface area contributed by atoms with Crippen molar-refractivity contribution < 1.29 is 19.6 Å². The van der Waals surface area contributed by atoms with E-state index in [4.69, 9.17) is 0 Å². The van der Waals surface area contributed by atoms with Gasteiger partial charge in [-0.25, -0.2) is 9.48 Å². The summed E-state index contributed by atoms with van der Waals surface area (Å²) in [5, 5.41) is 27.1. The van der Waals surface area contributed by atoms with E-state index >= 15 is 0 Å². The van der Waals surface area contributed by atoms with E-state index in [0.717, 1.165) is 0 Å². The maximum Gasteiger partial charge on any atom is 0.330 e. The predicted molar refractivity (Wildman–Crippen MR) is 90.0 cm³/mol. The van der Waals surface area contributed by atoms with Crippen LogP contribution >= 0.6 is 11.8 Å². The van der Waals surface area contributed by atoms with Crippen molar-refractivity contribution in [3.8, 4) is 5.69 Å². The number of hydrogen-bond acceptors (Lipinski definition) is 6. The number of aliphatic carboxylic acids is 1. The topological polar surface area (TPSA) is 127 Å². The molecular formula is C15H14N4O5S. The molecule has 1 amide bonds. The van der Waals surface area contributed by atoms with Crippen LogP contribution in [0.5, 0.6) is 0 Å². The number of rotatable bonds is 5. The second-order valence-electron chi connectivity index (χ2n) is 5.54. The smallest absolute Gasteiger partial charge is 0.330 e. The number of benzene rings is 1. The van der Waals surface area contributed by atoms with Gasteiger partial charge in [0.25, 0.3) is 11.6 Å². The van der Waals surface area contributed by atoms with Crippen molar-refractivity contribution >= 4 is 29.3 Å². The lowest BCUT2D eigenvalue weighted by atomic mass is 9.99. The molecular weight excluding hydrogens is 348 g/mol. The Bertz CT molecular complexity index is 844. The van der Waals surface area contributed by atoms with Gasteiger partial charge in [-0.1, -0.05) is 12.1 Å². The van der Waals surface area contributed by atoms with Crippen molar-refractivity contribution in [2.75, 3.05) is 11.5 Å². The molecule has 1 aliphatic rings. The Morgan fingerprint density at radius 2 is 2.12 bits per heavy atom. The maximum atomic E-state index is 12.4. The second-order valence-corrected chi connectivity index (χ2v) is 6.64. The zero-order chi connectivity index (χ0) is 18.0. The van der Waals surface area contributed by atoms with Gasteiger partial charge in [-0.2, -0.15) is 16.9 Å². The lowest BCUT2D eigenvalue weighted by Gasteiger charge is -2.23. The monoisotopic (exact) mass is 362 g/mol. The summed E-state index contributed by atoms with van der Waals surface area (Å²) in [5.74, 6) is -0.762. The van der Waals surface area contributed by atoms with Crippen LogP contribution in [0.3, 0.4) is 0 Å². The summed E-state index contributed by atoms with van der Waals surface area (Å²) in [5.41, 5.74) is -1.23. The number of hydrogen-bond donors (Lipinski definition) is 2. The van der Waals surface area contributed by atoms with E-state index in [1.807, 2.05) is 0 Å².